The molecule has 5 amide bonds. The zero-order chi connectivity index (χ0) is 39.9. The van der Waals surface area contributed by atoms with Crippen molar-refractivity contribution >= 4 is 41.5 Å². The number of aliphatic carboxylic acids is 1. The summed E-state index contributed by atoms with van der Waals surface area (Å²) in [5.41, 5.74) is 13.5. The fourth-order valence-corrected chi connectivity index (χ4v) is 7.45. The Morgan fingerprint density at radius 1 is 0.818 bits per heavy atom. The van der Waals surface area contributed by atoms with Gasteiger partial charge in [0.25, 0.3) is 0 Å². The average molecular weight is 761 g/mol. The molecule has 0 aromatic heterocycles. The Kier molecular flexibility index (Phi) is 16.0. The van der Waals surface area contributed by atoms with Crippen LogP contribution in [0.1, 0.15) is 88.3 Å². The third-order valence-corrected chi connectivity index (χ3v) is 10.3. The molecule has 1 unspecified atom stereocenters. The average Bonchev–Trinajstić information content (AvgIpc) is 3.17. The van der Waals surface area contributed by atoms with E-state index in [4.69, 9.17) is 11.5 Å². The standard InChI is InChI=1S/C40H56N8O7/c1-3-13-30(44-25(2)49)35(50)47-34(27-16-8-5-9-17-27)37(52)45-31(20-12-21-43-40(41)42)38(53)48-24-29-19-11-10-18-28(29)23-33(48)36(51)46-32(39(54)55)22-26-14-6-4-7-15-26/h4,6-7,10-11,14-15,18-19,27,30-34H,3,5,8-9,12-13,16-17,20-24H2,1-2H3,(H,44,49)(H,45,52)(H,46,51)(H,47,50)(H,54,55)(H4,41,42,43)/t30-,31-,32-,33-,34?/m0/s1. The lowest BCUT2D eigenvalue weighted by Gasteiger charge is -2.39. The van der Waals surface area contributed by atoms with Crippen LogP contribution in [0.5, 0.6) is 0 Å². The molecule has 0 spiro atoms. The number of carboxylic acids is 1. The van der Waals surface area contributed by atoms with Crippen LogP contribution in [-0.2, 0) is 48.2 Å². The van der Waals surface area contributed by atoms with Crippen LogP contribution >= 0.6 is 0 Å². The maximum absolute atomic E-state index is 14.7. The Morgan fingerprint density at radius 3 is 2.13 bits per heavy atom. The Balaban J connectivity index is 1.64. The van der Waals surface area contributed by atoms with Gasteiger partial charge in [-0.05, 0) is 54.7 Å². The number of nitrogens with zero attached hydrogens (tertiary/aromatic N) is 2. The van der Waals surface area contributed by atoms with E-state index in [1.54, 1.807) is 24.3 Å². The van der Waals surface area contributed by atoms with Gasteiger partial charge in [-0.1, -0.05) is 87.2 Å². The van der Waals surface area contributed by atoms with Crippen molar-refractivity contribution < 1.29 is 33.9 Å². The summed E-state index contributed by atoms with van der Waals surface area (Å²) in [5, 5.41) is 21.3. The highest BCUT2D eigenvalue weighted by atomic mass is 16.4. The molecule has 9 N–H and O–H groups in total. The smallest absolute Gasteiger partial charge is 0.326 e. The van der Waals surface area contributed by atoms with Crippen LogP contribution in [0.2, 0.25) is 0 Å². The summed E-state index contributed by atoms with van der Waals surface area (Å²) in [6.07, 6.45) is 5.72. The number of guanidine groups is 1. The van der Waals surface area contributed by atoms with Gasteiger partial charge in [-0.15, -0.1) is 0 Å². The molecule has 1 aliphatic carbocycles. The Bertz CT molecular complexity index is 1680. The Hall–Kier alpha value is -5.47. The largest absolute Gasteiger partial charge is 0.480 e. The van der Waals surface area contributed by atoms with Crippen molar-refractivity contribution in [3.63, 3.8) is 0 Å². The lowest BCUT2D eigenvalue weighted by Crippen LogP contribution is -2.62. The summed E-state index contributed by atoms with van der Waals surface area (Å²) < 4.78 is 0. The molecule has 4 rings (SSSR count). The number of aliphatic imine (C=N–C) groups is 1. The lowest BCUT2D eigenvalue weighted by molar-refractivity contribution is -0.147. The number of nitrogens with one attached hydrogen (secondary N) is 4. The van der Waals surface area contributed by atoms with E-state index >= 15 is 0 Å². The van der Waals surface area contributed by atoms with Crippen molar-refractivity contribution in [2.24, 2.45) is 22.4 Å². The fraction of sp³-hybridized carbons (Fsp3) is 0.525. The second kappa shape index (κ2) is 20.8. The number of hydrogen-bond acceptors (Lipinski definition) is 7. The molecular weight excluding hydrogens is 704 g/mol. The van der Waals surface area contributed by atoms with E-state index in [-0.39, 0.29) is 50.1 Å². The highest BCUT2D eigenvalue weighted by molar-refractivity contribution is 5.96. The van der Waals surface area contributed by atoms with Gasteiger partial charge in [0.2, 0.25) is 29.5 Å². The van der Waals surface area contributed by atoms with Crippen LogP contribution in [0, 0.1) is 5.92 Å². The molecule has 1 heterocycles. The van der Waals surface area contributed by atoms with Crippen LogP contribution in [0.3, 0.4) is 0 Å². The number of benzene rings is 2. The number of amides is 5. The van der Waals surface area contributed by atoms with Crippen molar-refractivity contribution in [3.05, 3.63) is 71.3 Å². The molecule has 0 saturated heterocycles. The number of hydrogen-bond donors (Lipinski definition) is 7. The molecule has 1 saturated carbocycles. The number of carboxylic acid groups (broad SMARTS) is 1. The summed E-state index contributed by atoms with van der Waals surface area (Å²) >= 11 is 0. The number of carbonyl (C=O) groups is 6. The zero-order valence-corrected chi connectivity index (χ0v) is 31.8. The minimum Gasteiger partial charge on any atom is -0.480 e. The SMILES string of the molecule is CCC[C@H](NC(C)=O)C(=O)NC(C(=O)N[C@@H](CCCN=C(N)N)C(=O)N1Cc2ccccc2C[C@H]1C(=O)N[C@@H](Cc1ccccc1)C(=O)O)C1CCCCC1. The summed E-state index contributed by atoms with van der Waals surface area (Å²) in [7, 11) is 0. The van der Waals surface area contributed by atoms with Gasteiger partial charge in [0.15, 0.2) is 5.96 Å². The monoisotopic (exact) mass is 760 g/mol. The highest BCUT2D eigenvalue weighted by Gasteiger charge is 2.41. The summed E-state index contributed by atoms with van der Waals surface area (Å²) in [6.45, 7) is 3.44. The van der Waals surface area contributed by atoms with Gasteiger partial charge < -0.3 is 42.7 Å². The van der Waals surface area contributed by atoms with Crippen molar-refractivity contribution in [2.45, 2.75) is 121 Å². The molecule has 2 aliphatic rings. The summed E-state index contributed by atoms with van der Waals surface area (Å²) in [6, 6.07) is 11.0. The molecule has 15 heteroatoms. The number of fused-ring (bicyclic) bond motifs is 1. The number of carbonyl (C=O) groups excluding carboxylic acids is 5. The van der Waals surface area contributed by atoms with Gasteiger partial charge in [-0.3, -0.25) is 29.0 Å². The molecule has 2 aromatic rings. The van der Waals surface area contributed by atoms with Gasteiger partial charge in [-0.25, -0.2) is 4.79 Å². The molecular formula is C40H56N8O7. The number of rotatable bonds is 18. The van der Waals surface area contributed by atoms with E-state index in [0.717, 1.165) is 36.0 Å². The summed E-state index contributed by atoms with van der Waals surface area (Å²) in [4.78, 5) is 86.4. The van der Waals surface area contributed by atoms with E-state index < -0.39 is 59.8 Å². The minimum atomic E-state index is -1.26. The topological polar surface area (TPSA) is 238 Å². The predicted molar refractivity (Wildman–Crippen MR) is 207 cm³/mol. The van der Waals surface area contributed by atoms with Crippen molar-refractivity contribution in [3.8, 4) is 0 Å². The normalized spacial score (nSPS) is 17.6. The van der Waals surface area contributed by atoms with Crippen LogP contribution in [0.25, 0.3) is 0 Å². The van der Waals surface area contributed by atoms with Gasteiger partial charge in [-0.2, -0.15) is 0 Å². The van der Waals surface area contributed by atoms with Crippen molar-refractivity contribution in [1.29, 1.82) is 0 Å². The van der Waals surface area contributed by atoms with Crippen LogP contribution in [-0.4, -0.2) is 88.2 Å². The second-order valence-electron chi connectivity index (χ2n) is 14.5. The van der Waals surface area contributed by atoms with Crippen LogP contribution in [0.4, 0.5) is 0 Å². The van der Waals surface area contributed by atoms with E-state index in [1.165, 1.54) is 11.8 Å². The van der Waals surface area contributed by atoms with Gasteiger partial charge in [0.05, 0.1) is 0 Å². The fourth-order valence-electron chi connectivity index (χ4n) is 7.45. The first kappa shape index (κ1) is 42.3. The Labute approximate surface area is 322 Å². The first-order chi connectivity index (χ1) is 26.4. The molecule has 15 nitrogen and oxygen atoms in total. The molecule has 2 aromatic carbocycles. The second-order valence-corrected chi connectivity index (χ2v) is 14.5. The molecule has 0 radical (unpaired) electrons. The van der Waals surface area contributed by atoms with Crippen molar-refractivity contribution in [1.82, 2.24) is 26.2 Å². The lowest BCUT2D eigenvalue weighted by atomic mass is 9.83. The van der Waals surface area contributed by atoms with Crippen LogP contribution in [0.15, 0.2) is 59.6 Å². The number of nitrogens with two attached hydrogens (primary N) is 2. The highest BCUT2D eigenvalue weighted by Crippen LogP contribution is 2.28. The predicted octanol–water partition coefficient (Wildman–Crippen LogP) is 1.66. The van der Waals surface area contributed by atoms with Crippen molar-refractivity contribution in [2.75, 3.05) is 6.54 Å². The summed E-state index contributed by atoms with van der Waals surface area (Å²) in [5.74, 6) is -4.12. The first-order valence-corrected chi connectivity index (χ1v) is 19.3. The molecule has 1 aliphatic heterocycles. The van der Waals surface area contributed by atoms with Gasteiger partial charge >= 0.3 is 5.97 Å². The molecule has 1 fully saturated rings. The zero-order valence-electron chi connectivity index (χ0n) is 31.8. The molecule has 0 bridgehead atoms. The van der Waals surface area contributed by atoms with E-state index in [1.807, 2.05) is 37.3 Å². The minimum absolute atomic E-state index is 0.0396. The molecule has 55 heavy (non-hydrogen) atoms. The Morgan fingerprint density at radius 2 is 1.49 bits per heavy atom. The van der Waals surface area contributed by atoms with Gasteiger partial charge in [0, 0.05) is 32.9 Å². The molecule has 298 valence electrons. The van der Waals surface area contributed by atoms with Crippen LogP contribution < -0.4 is 32.7 Å². The third-order valence-electron chi connectivity index (χ3n) is 10.3. The van der Waals surface area contributed by atoms with E-state index in [0.29, 0.717) is 32.1 Å². The van der Waals surface area contributed by atoms with E-state index in [9.17, 15) is 33.9 Å². The maximum atomic E-state index is 14.7. The first-order valence-electron chi connectivity index (χ1n) is 19.3. The third kappa shape index (κ3) is 12.5. The maximum Gasteiger partial charge on any atom is 0.326 e. The quantitative estimate of drug-likeness (QED) is 0.0664. The van der Waals surface area contributed by atoms with E-state index in [2.05, 4.69) is 26.3 Å². The van der Waals surface area contributed by atoms with Gasteiger partial charge in [0.1, 0.15) is 30.2 Å². The molecule has 5 atom stereocenters.